The fourth-order valence-corrected chi connectivity index (χ4v) is 4.03. The van der Waals surface area contributed by atoms with E-state index in [1.54, 1.807) is 37.3 Å². The van der Waals surface area contributed by atoms with Crippen LogP contribution in [0.4, 0.5) is 5.69 Å². The number of rotatable bonds is 9. The fourth-order valence-electron chi connectivity index (χ4n) is 4.03. The monoisotopic (exact) mass is 523 g/mol. The number of benzene rings is 2. The largest absolute Gasteiger partial charge is 0.490 e. The molecule has 4 aromatic rings. The Balaban J connectivity index is 1.35. The van der Waals surface area contributed by atoms with Gasteiger partial charge in [0, 0.05) is 44.0 Å². The number of hydrogen-bond acceptors (Lipinski definition) is 11. The fraction of sp³-hybridized carbons (Fsp3) is 0.296. The van der Waals surface area contributed by atoms with Crippen molar-refractivity contribution in [2.45, 2.75) is 25.6 Å². The van der Waals surface area contributed by atoms with E-state index in [1.165, 1.54) is 6.07 Å². The molecule has 1 unspecified atom stereocenters. The topological polar surface area (TPSA) is 138 Å². The van der Waals surface area contributed by atoms with Crippen LogP contribution in [0.25, 0.3) is 21.9 Å². The Hall–Kier alpha value is -4.19. The van der Waals surface area contributed by atoms with E-state index in [4.69, 9.17) is 27.8 Å². The Morgan fingerprint density at radius 3 is 2.32 bits per heavy atom. The highest BCUT2D eigenvalue weighted by Crippen LogP contribution is 2.35. The molecule has 2 aromatic carbocycles. The molecule has 3 heterocycles. The predicted molar refractivity (Wildman–Crippen MR) is 136 cm³/mol. The maximum absolute atomic E-state index is 13.0. The molecule has 38 heavy (non-hydrogen) atoms. The van der Waals surface area contributed by atoms with E-state index in [0.29, 0.717) is 12.0 Å². The van der Waals surface area contributed by atoms with Crippen LogP contribution < -0.4 is 25.2 Å². The van der Waals surface area contributed by atoms with Gasteiger partial charge >= 0.3 is 0 Å². The van der Waals surface area contributed by atoms with Crippen molar-refractivity contribution in [2.24, 2.45) is 0 Å². The molecule has 1 atom stereocenters. The summed E-state index contributed by atoms with van der Waals surface area (Å²) in [7, 11) is 3.66. The van der Waals surface area contributed by atoms with Gasteiger partial charge in [-0.3, -0.25) is 14.4 Å². The molecule has 0 spiro atoms. The van der Waals surface area contributed by atoms with Crippen LogP contribution in [0.2, 0.25) is 0 Å². The third-order valence-corrected chi connectivity index (χ3v) is 5.89. The van der Waals surface area contributed by atoms with Crippen molar-refractivity contribution in [1.82, 2.24) is 0 Å². The summed E-state index contributed by atoms with van der Waals surface area (Å²) in [5.41, 5.74) is 0.382. The SMILES string of the molecule is CC1OC(c2cc(=O)c3c(OCC(O)COc4cccc5oc(C=O)cc(=O)c45)cc(N(C)C)cc3o2)O1. The maximum Gasteiger partial charge on any atom is 0.222 e. The lowest BCUT2D eigenvalue weighted by molar-refractivity contribution is -0.387. The van der Waals surface area contributed by atoms with Gasteiger partial charge in [0.05, 0.1) is 0 Å². The van der Waals surface area contributed by atoms with Crippen molar-refractivity contribution in [3.05, 3.63) is 74.4 Å². The summed E-state index contributed by atoms with van der Waals surface area (Å²) in [6, 6.07) is 10.4. The molecule has 1 aliphatic rings. The summed E-state index contributed by atoms with van der Waals surface area (Å²) in [6.07, 6.45) is -1.81. The molecule has 0 radical (unpaired) electrons. The lowest BCUT2D eigenvalue weighted by Gasteiger charge is -2.32. The van der Waals surface area contributed by atoms with Gasteiger partial charge in [0.15, 0.2) is 35.0 Å². The van der Waals surface area contributed by atoms with E-state index in [2.05, 4.69) is 0 Å². The van der Waals surface area contributed by atoms with Crippen LogP contribution in [-0.4, -0.2) is 51.1 Å². The predicted octanol–water partition coefficient (Wildman–Crippen LogP) is 2.99. The van der Waals surface area contributed by atoms with E-state index in [-0.39, 0.29) is 69.9 Å². The third kappa shape index (κ3) is 4.99. The lowest BCUT2D eigenvalue weighted by atomic mass is 10.1. The molecule has 11 nitrogen and oxygen atoms in total. The molecular formula is C27H25NO10. The van der Waals surface area contributed by atoms with Gasteiger partial charge < -0.3 is 37.8 Å². The molecule has 0 aliphatic carbocycles. The van der Waals surface area contributed by atoms with Gasteiger partial charge in [-0.2, -0.15) is 0 Å². The third-order valence-electron chi connectivity index (χ3n) is 5.89. The number of hydrogen-bond donors (Lipinski definition) is 1. The smallest absolute Gasteiger partial charge is 0.222 e. The Morgan fingerprint density at radius 1 is 0.947 bits per heavy atom. The molecule has 0 bridgehead atoms. The minimum atomic E-state index is -1.12. The average Bonchev–Trinajstić information content (AvgIpc) is 2.87. The Kier molecular flexibility index (Phi) is 6.89. The molecule has 0 amide bonds. The number of aldehydes is 1. The van der Waals surface area contributed by atoms with Crippen molar-refractivity contribution >= 4 is 33.9 Å². The molecule has 1 saturated heterocycles. The molecule has 1 N–H and O–H groups in total. The normalized spacial score (nSPS) is 17.7. The molecule has 11 heteroatoms. The summed E-state index contributed by atoms with van der Waals surface area (Å²) in [4.78, 5) is 38.2. The van der Waals surface area contributed by atoms with E-state index in [1.807, 2.05) is 19.0 Å². The van der Waals surface area contributed by atoms with Gasteiger partial charge in [0.25, 0.3) is 0 Å². The second-order valence-corrected chi connectivity index (χ2v) is 8.93. The zero-order valence-electron chi connectivity index (χ0n) is 20.8. The molecule has 1 fully saturated rings. The zero-order valence-corrected chi connectivity index (χ0v) is 20.8. The van der Waals surface area contributed by atoms with Gasteiger partial charge in [0.2, 0.25) is 6.29 Å². The number of aliphatic hydroxyl groups is 1. The highest BCUT2D eigenvalue weighted by atomic mass is 16.9. The first-order valence-electron chi connectivity index (χ1n) is 11.8. The lowest BCUT2D eigenvalue weighted by Crippen LogP contribution is -2.32. The molecule has 5 rings (SSSR count). The van der Waals surface area contributed by atoms with Crippen LogP contribution in [0.3, 0.4) is 0 Å². The van der Waals surface area contributed by atoms with Crippen molar-refractivity contribution in [2.75, 3.05) is 32.2 Å². The Labute approximate surface area is 215 Å². The summed E-state index contributed by atoms with van der Waals surface area (Å²) in [5, 5.41) is 10.9. The number of ether oxygens (including phenoxy) is 4. The van der Waals surface area contributed by atoms with Crippen LogP contribution in [0, 0.1) is 0 Å². The minimum absolute atomic E-state index is 0.0980. The molecule has 198 valence electrons. The Morgan fingerprint density at radius 2 is 1.63 bits per heavy atom. The quantitative estimate of drug-likeness (QED) is 0.324. The number of carbonyl (C=O) groups is 1. The van der Waals surface area contributed by atoms with Gasteiger partial charge in [-0.25, -0.2) is 0 Å². The van der Waals surface area contributed by atoms with Gasteiger partial charge in [-0.05, 0) is 19.1 Å². The molecule has 2 aromatic heterocycles. The second kappa shape index (κ2) is 10.3. The van der Waals surface area contributed by atoms with E-state index in [9.17, 15) is 19.5 Å². The number of fused-ring (bicyclic) bond motifs is 2. The van der Waals surface area contributed by atoms with Crippen LogP contribution in [0.5, 0.6) is 11.5 Å². The number of nitrogens with zero attached hydrogens (tertiary/aromatic N) is 1. The van der Waals surface area contributed by atoms with Crippen LogP contribution in [0.15, 0.2) is 60.9 Å². The molecular weight excluding hydrogens is 498 g/mol. The summed E-state index contributed by atoms with van der Waals surface area (Å²) in [6.45, 7) is 1.31. The standard InChI is InChI=1S/C27H25NO10/c1-14-35-27(36-14)24-10-19(32)26-22(7-15(28(2)3)8-23(26)38-24)34-13-16(30)12-33-20-5-4-6-21-25(20)18(31)9-17(11-29)37-21/h4-11,14,16,27,30H,12-13H2,1-3H3. The summed E-state index contributed by atoms with van der Waals surface area (Å²) in [5.74, 6) is 0.562. The Bertz CT molecular complexity index is 1620. The highest BCUT2D eigenvalue weighted by molar-refractivity contribution is 5.87. The van der Waals surface area contributed by atoms with E-state index >= 15 is 0 Å². The minimum Gasteiger partial charge on any atom is -0.490 e. The van der Waals surface area contributed by atoms with Crippen molar-refractivity contribution in [3.8, 4) is 11.5 Å². The zero-order chi connectivity index (χ0) is 27.0. The van der Waals surface area contributed by atoms with Crippen molar-refractivity contribution in [3.63, 3.8) is 0 Å². The molecule has 0 saturated carbocycles. The van der Waals surface area contributed by atoms with E-state index < -0.39 is 17.8 Å². The van der Waals surface area contributed by atoms with E-state index in [0.717, 1.165) is 6.07 Å². The summed E-state index contributed by atoms with van der Waals surface area (Å²) >= 11 is 0. The van der Waals surface area contributed by atoms with Gasteiger partial charge in [-0.15, -0.1) is 0 Å². The highest BCUT2D eigenvalue weighted by Gasteiger charge is 2.31. The van der Waals surface area contributed by atoms with Crippen LogP contribution >= 0.6 is 0 Å². The van der Waals surface area contributed by atoms with Crippen molar-refractivity contribution < 1.29 is 37.7 Å². The number of aliphatic hydroxyl groups excluding tert-OH is 1. The summed E-state index contributed by atoms with van der Waals surface area (Å²) < 4.78 is 33.7. The molecule has 1 aliphatic heterocycles. The average molecular weight is 523 g/mol. The van der Waals surface area contributed by atoms with Gasteiger partial charge in [0.1, 0.15) is 52.8 Å². The maximum atomic E-state index is 13.0. The van der Waals surface area contributed by atoms with Crippen LogP contribution in [0.1, 0.15) is 29.5 Å². The first-order chi connectivity index (χ1) is 18.2. The first-order valence-corrected chi connectivity index (χ1v) is 11.8. The van der Waals surface area contributed by atoms with Crippen LogP contribution in [-0.2, 0) is 9.47 Å². The van der Waals surface area contributed by atoms with Crippen molar-refractivity contribution in [1.29, 1.82) is 0 Å². The van der Waals surface area contributed by atoms with Gasteiger partial charge in [-0.1, -0.05) is 6.07 Å². The second-order valence-electron chi connectivity index (χ2n) is 8.93. The first kappa shape index (κ1) is 25.5. The number of carbonyl (C=O) groups excluding carboxylic acids is 1. The number of anilines is 1.